The average molecular weight is 962 g/mol. The van der Waals surface area contributed by atoms with Crippen LogP contribution < -0.4 is 31.9 Å². The molecule has 0 radical (unpaired) electrons. The Morgan fingerprint density at radius 3 is 2.32 bits per heavy atom. The maximum atomic E-state index is 14.9. The van der Waals surface area contributed by atoms with Crippen LogP contribution in [0.5, 0.6) is 5.75 Å². The first-order valence-electron chi connectivity index (χ1n) is 22.0. The van der Waals surface area contributed by atoms with Gasteiger partial charge in [-0.05, 0) is 84.0 Å². The lowest BCUT2D eigenvalue weighted by atomic mass is 9.96. The van der Waals surface area contributed by atoms with E-state index in [4.69, 9.17) is 24.5 Å². The Balaban J connectivity index is 1.28. The first-order valence-corrected chi connectivity index (χ1v) is 23.0. The SMILES string of the molecule is Cc1cccc(C)c1OCC(=O)N[C@@H](Cc1ccccc1)[C@H](OC(=O)CCC(=O)NCC(=O)OC[C@@H]1O[C@H](n2cc(C)c(=O)[nH]c2=O)C[C@H]1N=[N+]=[N-])C(=O)N1CSC(C)(C)[C@H]1C(=O)NC(C)(C)C. The third-order valence-corrected chi connectivity index (χ3v) is 12.5. The molecule has 366 valence electrons. The number of aromatic amines is 1. The van der Waals surface area contributed by atoms with Gasteiger partial charge < -0.3 is 39.8 Å². The van der Waals surface area contributed by atoms with Crippen LogP contribution in [0, 0.1) is 20.8 Å². The van der Waals surface area contributed by atoms with Gasteiger partial charge in [0.05, 0.1) is 24.4 Å². The van der Waals surface area contributed by atoms with Crippen LogP contribution in [0.2, 0.25) is 0 Å². The molecule has 0 bridgehead atoms. The number of rotatable bonds is 19. The monoisotopic (exact) mass is 961 g/mol. The number of azide groups is 1. The predicted octanol–water partition coefficient (Wildman–Crippen LogP) is 3.18. The van der Waals surface area contributed by atoms with Crippen molar-refractivity contribution in [1.29, 1.82) is 0 Å². The van der Waals surface area contributed by atoms with E-state index in [2.05, 4.69) is 31.0 Å². The van der Waals surface area contributed by atoms with Gasteiger partial charge >= 0.3 is 17.6 Å². The zero-order valence-corrected chi connectivity index (χ0v) is 40.2. The average Bonchev–Trinajstić information content (AvgIpc) is 3.82. The molecule has 5 rings (SSSR count). The number of benzene rings is 2. The van der Waals surface area contributed by atoms with Gasteiger partial charge in [0.1, 0.15) is 37.3 Å². The summed E-state index contributed by atoms with van der Waals surface area (Å²) >= 11 is 1.36. The summed E-state index contributed by atoms with van der Waals surface area (Å²) in [6.45, 7) is 12.8. The smallest absolute Gasteiger partial charge is 0.330 e. The van der Waals surface area contributed by atoms with E-state index in [0.717, 1.165) is 15.7 Å². The highest BCUT2D eigenvalue weighted by molar-refractivity contribution is 8.00. The summed E-state index contributed by atoms with van der Waals surface area (Å²) in [6, 6.07) is 11.5. The zero-order chi connectivity index (χ0) is 49.9. The first-order chi connectivity index (χ1) is 32.1. The number of aryl methyl sites for hydroxylation is 3. The third-order valence-electron chi connectivity index (χ3n) is 11.1. The van der Waals surface area contributed by atoms with Crippen molar-refractivity contribution in [2.24, 2.45) is 5.11 Å². The fourth-order valence-electron chi connectivity index (χ4n) is 7.76. The van der Waals surface area contributed by atoms with Crippen LogP contribution in [0.3, 0.4) is 0 Å². The molecule has 0 spiro atoms. The largest absolute Gasteiger partial charge is 0.483 e. The van der Waals surface area contributed by atoms with Crippen molar-refractivity contribution in [1.82, 2.24) is 30.4 Å². The molecule has 0 unspecified atom stereocenters. The predicted molar refractivity (Wildman–Crippen MR) is 249 cm³/mol. The van der Waals surface area contributed by atoms with Gasteiger partial charge in [0, 0.05) is 39.8 Å². The fourth-order valence-corrected chi connectivity index (χ4v) is 8.90. The van der Waals surface area contributed by atoms with E-state index in [1.165, 1.54) is 29.8 Å². The van der Waals surface area contributed by atoms with Crippen molar-refractivity contribution in [3.63, 3.8) is 0 Å². The molecule has 21 nitrogen and oxygen atoms in total. The molecule has 1 aromatic heterocycles. The van der Waals surface area contributed by atoms with E-state index < -0.39 is 126 Å². The van der Waals surface area contributed by atoms with Gasteiger partial charge in [-0.1, -0.05) is 53.6 Å². The molecule has 2 aromatic carbocycles. The van der Waals surface area contributed by atoms with E-state index >= 15 is 0 Å². The van der Waals surface area contributed by atoms with Gasteiger partial charge in [-0.2, -0.15) is 0 Å². The minimum atomic E-state index is -1.68. The number of nitrogens with zero attached hydrogens (tertiary/aromatic N) is 5. The summed E-state index contributed by atoms with van der Waals surface area (Å²) in [7, 11) is 0. The third kappa shape index (κ3) is 14.2. The lowest BCUT2D eigenvalue weighted by molar-refractivity contribution is -0.164. The van der Waals surface area contributed by atoms with E-state index in [1.54, 1.807) is 30.3 Å². The number of carbonyl (C=O) groups excluding carboxylic acids is 6. The Morgan fingerprint density at radius 2 is 1.66 bits per heavy atom. The molecule has 2 saturated heterocycles. The summed E-state index contributed by atoms with van der Waals surface area (Å²) in [5, 5.41) is 11.9. The maximum absolute atomic E-state index is 14.9. The van der Waals surface area contributed by atoms with Gasteiger partial charge in [0.2, 0.25) is 17.9 Å². The summed E-state index contributed by atoms with van der Waals surface area (Å²) in [5.74, 6) is -3.80. The van der Waals surface area contributed by atoms with E-state index in [9.17, 15) is 38.4 Å². The van der Waals surface area contributed by atoms with Crippen LogP contribution in [0.15, 0.2) is 69.4 Å². The van der Waals surface area contributed by atoms with Gasteiger partial charge in [0.15, 0.2) is 6.61 Å². The minimum absolute atomic E-state index is 0.0208. The number of carbonyl (C=O) groups is 6. The molecule has 2 aliphatic heterocycles. The van der Waals surface area contributed by atoms with Crippen LogP contribution in [-0.4, -0.2) is 116 Å². The first kappa shape index (κ1) is 52.3. The molecule has 2 fully saturated rings. The molecule has 68 heavy (non-hydrogen) atoms. The van der Waals surface area contributed by atoms with Crippen molar-refractivity contribution in [3.05, 3.63) is 108 Å². The Labute approximate surface area is 397 Å². The van der Waals surface area contributed by atoms with Gasteiger partial charge in [-0.15, -0.1) is 11.8 Å². The maximum Gasteiger partial charge on any atom is 0.330 e. The van der Waals surface area contributed by atoms with E-state index in [0.29, 0.717) is 11.3 Å². The van der Waals surface area contributed by atoms with Crippen molar-refractivity contribution < 1.29 is 47.7 Å². The number of amides is 4. The molecule has 4 N–H and O–H groups in total. The summed E-state index contributed by atoms with van der Waals surface area (Å²) in [5.41, 5.74) is 9.69. The van der Waals surface area contributed by atoms with Crippen molar-refractivity contribution >= 4 is 47.3 Å². The molecule has 4 amide bonds. The molecule has 22 heteroatoms. The van der Waals surface area contributed by atoms with Gasteiger partial charge in [-0.25, -0.2) is 4.79 Å². The van der Waals surface area contributed by atoms with Crippen LogP contribution in [-0.2, 0) is 49.4 Å². The second kappa shape index (κ2) is 22.9. The van der Waals surface area contributed by atoms with E-state index in [1.807, 2.05) is 66.7 Å². The van der Waals surface area contributed by atoms with Crippen LogP contribution in [0.1, 0.15) is 82.4 Å². The Kier molecular flexibility index (Phi) is 17.6. The summed E-state index contributed by atoms with van der Waals surface area (Å²) in [4.78, 5) is 112. The molecule has 3 aromatic rings. The zero-order valence-electron chi connectivity index (χ0n) is 39.4. The molecular formula is C46H59N9O12S. The molecule has 0 aliphatic carbocycles. The van der Waals surface area contributed by atoms with Gasteiger partial charge in [-0.3, -0.25) is 43.1 Å². The highest BCUT2D eigenvalue weighted by Gasteiger charge is 2.51. The number of esters is 2. The highest BCUT2D eigenvalue weighted by Crippen LogP contribution is 2.40. The number of ether oxygens (including phenoxy) is 4. The number of nitrogens with one attached hydrogen (secondary N) is 4. The van der Waals surface area contributed by atoms with Crippen LogP contribution in [0.4, 0.5) is 0 Å². The molecule has 6 atom stereocenters. The number of para-hydroxylation sites is 1. The summed E-state index contributed by atoms with van der Waals surface area (Å²) in [6.07, 6.45) is -3.23. The van der Waals surface area contributed by atoms with Crippen molar-refractivity contribution in [2.75, 3.05) is 25.6 Å². The normalized spacial score (nSPS) is 19.4. The molecule has 0 saturated carbocycles. The van der Waals surface area contributed by atoms with Crippen molar-refractivity contribution in [3.8, 4) is 5.75 Å². The molecule has 2 aliphatic rings. The Bertz CT molecular complexity index is 2500. The number of aromatic nitrogens is 2. The Hall–Kier alpha value is -6.64. The lowest BCUT2D eigenvalue weighted by Crippen LogP contribution is -2.61. The van der Waals surface area contributed by atoms with Crippen LogP contribution >= 0.6 is 11.8 Å². The number of hydrogen-bond acceptors (Lipinski definition) is 14. The number of hydrogen-bond donors (Lipinski definition) is 4. The number of thioether (sulfide) groups is 1. The Morgan fingerprint density at radius 1 is 0.971 bits per heavy atom. The second-order valence-corrected chi connectivity index (χ2v) is 19.8. The molecule has 3 heterocycles. The van der Waals surface area contributed by atoms with Gasteiger partial charge in [0.25, 0.3) is 17.4 Å². The lowest BCUT2D eigenvalue weighted by Gasteiger charge is -2.36. The quantitative estimate of drug-likeness (QED) is 0.0582. The fraction of sp³-hybridized carbons (Fsp3) is 0.522. The second-order valence-electron chi connectivity index (χ2n) is 18.2. The highest BCUT2D eigenvalue weighted by atomic mass is 32.2. The minimum Gasteiger partial charge on any atom is -0.483 e. The van der Waals surface area contributed by atoms with Crippen LogP contribution in [0.25, 0.3) is 10.4 Å². The molecular weight excluding hydrogens is 903 g/mol. The summed E-state index contributed by atoms with van der Waals surface area (Å²) < 4.78 is 23.4. The van der Waals surface area contributed by atoms with Crippen molar-refractivity contribution in [2.45, 2.75) is 128 Å². The number of H-pyrrole nitrogens is 1. The topological polar surface area (TPSA) is 282 Å². The standard InChI is InChI=1S/C46H59N9O12S/c1-26-13-12-14-27(2)38(26)65-24-34(57)49-31(19-29-15-10-9-11-16-29)39(43(62)55-25-68-46(7,8)40(55)42(61)51-45(4,5)6)67-36(58)18-17-33(56)48-21-37(59)64-23-32-30(52-53-47)20-35(66-32)54-22-28(3)41(60)50-44(54)63/h9-16,22,30-32,35,39-40H,17-21,23-25H2,1-8H3,(H,48,56)(H,49,57)(H,51,61)(H,50,60,63)/t30-,31+,32+,35+,39+,40-/m1/s1. The van der Waals surface area contributed by atoms with E-state index in [-0.39, 0.29) is 24.3 Å².